The van der Waals surface area contributed by atoms with Crippen LogP contribution in [0.15, 0.2) is 30.6 Å². The average Bonchev–Trinajstić information content (AvgIpc) is 2.84. The van der Waals surface area contributed by atoms with Crippen LogP contribution in [0.1, 0.15) is 50.2 Å². The molecule has 108 valence electrons. The van der Waals surface area contributed by atoms with E-state index in [1.807, 2.05) is 0 Å². The van der Waals surface area contributed by atoms with Crippen molar-refractivity contribution in [2.45, 2.75) is 65.1 Å². The fourth-order valence-corrected chi connectivity index (χ4v) is 3.63. The van der Waals surface area contributed by atoms with Gasteiger partial charge < -0.3 is 9.80 Å². The average molecular weight is 270 g/mol. The van der Waals surface area contributed by atoms with Gasteiger partial charge in [-0.25, -0.2) is 0 Å². The minimum Gasteiger partial charge on any atom is -0.353 e. The Morgan fingerprint density at radius 3 is 2.50 bits per heavy atom. The third kappa shape index (κ3) is 2.44. The molecule has 3 rings (SSSR count). The number of nitrogens with zero attached hydrogens (tertiary/aromatic N) is 2. The standard InChI is InChI=1S/C18H26N2/c1-14-9-10-15(2)18(13-14)20-12-11-19(16(20)3)17-7-5-4-6-8-17/h9-13,16-17H,4-8H2,1-3H3/t16-/m1/s1. The van der Waals surface area contributed by atoms with Crippen molar-refractivity contribution in [2.24, 2.45) is 0 Å². The van der Waals surface area contributed by atoms with Crippen LogP contribution in [0, 0.1) is 13.8 Å². The Labute approximate surface area is 123 Å². The number of hydrogen-bond donors (Lipinski definition) is 0. The third-order valence-corrected chi connectivity index (χ3v) is 4.87. The van der Waals surface area contributed by atoms with Crippen LogP contribution in [0.4, 0.5) is 5.69 Å². The van der Waals surface area contributed by atoms with Crippen molar-refractivity contribution in [2.75, 3.05) is 4.90 Å². The highest BCUT2D eigenvalue weighted by Gasteiger charge is 2.30. The molecule has 1 atom stereocenters. The van der Waals surface area contributed by atoms with Crippen molar-refractivity contribution >= 4 is 5.69 Å². The molecular weight excluding hydrogens is 244 g/mol. The molecule has 1 aromatic carbocycles. The number of benzene rings is 1. The molecule has 0 bridgehead atoms. The van der Waals surface area contributed by atoms with E-state index in [1.54, 1.807) is 0 Å². The summed E-state index contributed by atoms with van der Waals surface area (Å²) in [6.07, 6.45) is 11.9. The first-order valence-corrected chi connectivity index (χ1v) is 7.98. The Balaban J connectivity index is 1.80. The van der Waals surface area contributed by atoms with E-state index in [4.69, 9.17) is 0 Å². The Hall–Kier alpha value is -1.44. The Morgan fingerprint density at radius 1 is 1.00 bits per heavy atom. The molecule has 20 heavy (non-hydrogen) atoms. The number of hydrogen-bond acceptors (Lipinski definition) is 2. The summed E-state index contributed by atoms with van der Waals surface area (Å²) in [6, 6.07) is 7.47. The smallest absolute Gasteiger partial charge is 0.103 e. The molecule has 1 aliphatic heterocycles. The fraction of sp³-hybridized carbons (Fsp3) is 0.556. The molecule has 0 aromatic heterocycles. The maximum atomic E-state index is 2.57. The summed E-state index contributed by atoms with van der Waals surface area (Å²) in [6.45, 7) is 6.71. The number of aryl methyl sites for hydroxylation is 2. The molecule has 1 saturated carbocycles. The summed E-state index contributed by atoms with van der Waals surface area (Å²) >= 11 is 0. The molecular formula is C18H26N2. The van der Waals surface area contributed by atoms with Crippen molar-refractivity contribution < 1.29 is 0 Å². The van der Waals surface area contributed by atoms with Crippen LogP contribution in [-0.2, 0) is 0 Å². The van der Waals surface area contributed by atoms with E-state index in [1.165, 1.54) is 48.9 Å². The molecule has 0 amide bonds. The normalized spacial score (nSPS) is 23.6. The largest absolute Gasteiger partial charge is 0.353 e. The molecule has 0 spiro atoms. The van der Waals surface area contributed by atoms with Gasteiger partial charge in [-0.2, -0.15) is 0 Å². The summed E-state index contributed by atoms with van der Waals surface area (Å²) < 4.78 is 0. The second-order valence-corrected chi connectivity index (χ2v) is 6.37. The van der Waals surface area contributed by atoms with E-state index >= 15 is 0 Å². The van der Waals surface area contributed by atoms with E-state index < -0.39 is 0 Å². The van der Waals surface area contributed by atoms with Crippen LogP contribution in [0.3, 0.4) is 0 Å². The van der Waals surface area contributed by atoms with Gasteiger partial charge in [0.1, 0.15) is 6.17 Å². The molecule has 1 aliphatic carbocycles. The molecule has 0 saturated heterocycles. The van der Waals surface area contributed by atoms with Gasteiger partial charge in [-0.3, -0.25) is 0 Å². The monoisotopic (exact) mass is 270 g/mol. The van der Waals surface area contributed by atoms with Crippen LogP contribution in [0.5, 0.6) is 0 Å². The van der Waals surface area contributed by atoms with Crippen molar-refractivity contribution in [3.63, 3.8) is 0 Å². The van der Waals surface area contributed by atoms with Crippen molar-refractivity contribution in [3.05, 3.63) is 41.7 Å². The third-order valence-electron chi connectivity index (χ3n) is 4.87. The molecule has 2 heteroatoms. The minimum absolute atomic E-state index is 0.443. The highest BCUT2D eigenvalue weighted by atomic mass is 15.4. The van der Waals surface area contributed by atoms with E-state index in [0.29, 0.717) is 6.17 Å². The van der Waals surface area contributed by atoms with E-state index in [2.05, 4.69) is 61.2 Å². The van der Waals surface area contributed by atoms with Gasteiger partial charge in [-0.15, -0.1) is 0 Å². The number of anilines is 1. The quantitative estimate of drug-likeness (QED) is 0.776. The van der Waals surface area contributed by atoms with E-state index in [-0.39, 0.29) is 0 Å². The number of rotatable bonds is 2. The molecule has 2 nitrogen and oxygen atoms in total. The summed E-state index contributed by atoms with van der Waals surface area (Å²) in [7, 11) is 0. The van der Waals surface area contributed by atoms with Crippen LogP contribution in [0.2, 0.25) is 0 Å². The van der Waals surface area contributed by atoms with Crippen LogP contribution < -0.4 is 4.90 Å². The zero-order valence-electron chi connectivity index (χ0n) is 13.0. The molecule has 1 heterocycles. The van der Waals surface area contributed by atoms with Crippen molar-refractivity contribution in [1.82, 2.24) is 4.90 Å². The molecule has 1 fully saturated rings. The summed E-state index contributed by atoms with van der Waals surface area (Å²) in [5.41, 5.74) is 4.05. The topological polar surface area (TPSA) is 6.48 Å². The Morgan fingerprint density at radius 2 is 1.75 bits per heavy atom. The lowest BCUT2D eigenvalue weighted by atomic mass is 9.94. The fourth-order valence-electron chi connectivity index (χ4n) is 3.63. The van der Waals surface area contributed by atoms with E-state index in [0.717, 1.165) is 6.04 Å². The Bertz CT molecular complexity index is 500. The van der Waals surface area contributed by atoms with E-state index in [9.17, 15) is 0 Å². The lowest BCUT2D eigenvalue weighted by molar-refractivity contribution is 0.187. The van der Waals surface area contributed by atoms with Gasteiger partial charge in [-0.05, 0) is 50.8 Å². The van der Waals surface area contributed by atoms with Gasteiger partial charge in [-0.1, -0.05) is 31.4 Å². The summed E-state index contributed by atoms with van der Waals surface area (Å²) in [4.78, 5) is 5.00. The van der Waals surface area contributed by atoms with Crippen LogP contribution in [-0.4, -0.2) is 17.1 Å². The maximum Gasteiger partial charge on any atom is 0.103 e. The van der Waals surface area contributed by atoms with Gasteiger partial charge in [0.25, 0.3) is 0 Å². The lowest BCUT2D eigenvalue weighted by Crippen LogP contribution is -2.43. The van der Waals surface area contributed by atoms with Gasteiger partial charge in [0, 0.05) is 24.1 Å². The molecule has 2 aliphatic rings. The molecule has 0 N–H and O–H groups in total. The highest BCUT2D eigenvalue weighted by Crippen LogP contribution is 2.33. The first kappa shape index (κ1) is 13.5. The first-order valence-electron chi connectivity index (χ1n) is 7.98. The van der Waals surface area contributed by atoms with Crippen molar-refractivity contribution in [1.29, 1.82) is 0 Å². The van der Waals surface area contributed by atoms with Crippen molar-refractivity contribution in [3.8, 4) is 0 Å². The van der Waals surface area contributed by atoms with Crippen LogP contribution >= 0.6 is 0 Å². The lowest BCUT2D eigenvalue weighted by Gasteiger charge is -2.38. The minimum atomic E-state index is 0.443. The second-order valence-electron chi connectivity index (χ2n) is 6.37. The van der Waals surface area contributed by atoms with Gasteiger partial charge in [0.05, 0.1) is 0 Å². The highest BCUT2D eigenvalue weighted by molar-refractivity contribution is 5.58. The predicted octanol–water partition coefficient (Wildman–Crippen LogP) is 4.58. The summed E-state index contributed by atoms with van der Waals surface area (Å²) in [5, 5.41) is 0. The molecule has 0 unspecified atom stereocenters. The van der Waals surface area contributed by atoms with Gasteiger partial charge >= 0.3 is 0 Å². The maximum absolute atomic E-state index is 2.57. The van der Waals surface area contributed by atoms with Gasteiger partial charge in [0.15, 0.2) is 0 Å². The summed E-state index contributed by atoms with van der Waals surface area (Å²) in [5.74, 6) is 0. The molecule has 0 radical (unpaired) electrons. The zero-order valence-corrected chi connectivity index (χ0v) is 13.0. The Kier molecular flexibility index (Phi) is 3.73. The van der Waals surface area contributed by atoms with Crippen LogP contribution in [0.25, 0.3) is 0 Å². The zero-order chi connectivity index (χ0) is 14.1. The second kappa shape index (κ2) is 5.51. The predicted molar refractivity (Wildman–Crippen MR) is 85.7 cm³/mol. The first-order chi connectivity index (χ1) is 9.66. The molecule has 1 aromatic rings. The SMILES string of the molecule is Cc1ccc(C)c(N2C=CN(C3CCCCC3)[C@H]2C)c1. The van der Waals surface area contributed by atoms with Gasteiger partial charge in [0.2, 0.25) is 0 Å².